The van der Waals surface area contributed by atoms with Gasteiger partial charge in [0, 0.05) is 19.1 Å². The van der Waals surface area contributed by atoms with Crippen LogP contribution in [0.4, 0.5) is 5.82 Å². The maximum Gasteiger partial charge on any atom is 0.320 e. The minimum atomic E-state index is -1.23. The second-order valence-electron chi connectivity index (χ2n) is 8.50. The second kappa shape index (κ2) is 11.1. The molecular weight excluding hydrogens is 432 g/mol. The molecule has 1 aliphatic rings. The highest BCUT2D eigenvalue weighted by Gasteiger charge is 2.44. The van der Waals surface area contributed by atoms with Gasteiger partial charge in [0.25, 0.3) is 0 Å². The Hall–Kier alpha value is -2.42. The van der Waals surface area contributed by atoms with Crippen molar-refractivity contribution in [1.82, 2.24) is 24.4 Å². The summed E-state index contributed by atoms with van der Waals surface area (Å²) < 4.78 is 7.54. The molecule has 0 unspecified atom stereocenters. The van der Waals surface area contributed by atoms with Crippen molar-refractivity contribution in [3.8, 4) is 0 Å². The maximum atomic E-state index is 11.1. The lowest BCUT2D eigenvalue weighted by molar-refractivity contribution is -0.138. The van der Waals surface area contributed by atoms with Gasteiger partial charge in [0.05, 0.1) is 6.33 Å². The standard InChI is InChI=1S/C20H34N8O5/c1-2-3-11(21)4-6-27(7-5-12(22)20(31)32)8-13-15(29)16(30)19(33-13)28-10-26-14-17(23)24-9-25-18(14)28/h9-13,15-16,19,29-30H,2-8,21-22H2,1H3,(H,31,32)(H2,23,24,25)/t11-,12-,13+,15+,16+,19+/m0/s1. The van der Waals surface area contributed by atoms with E-state index in [1.165, 1.54) is 17.2 Å². The molecule has 1 saturated heterocycles. The van der Waals surface area contributed by atoms with Crippen molar-refractivity contribution < 1.29 is 24.9 Å². The second-order valence-corrected chi connectivity index (χ2v) is 8.50. The van der Waals surface area contributed by atoms with E-state index in [2.05, 4.69) is 21.9 Å². The van der Waals surface area contributed by atoms with Crippen LogP contribution in [0.1, 0.15) is 38.8 Å². The molecule has 2 aromatic heterocycles. The number of carboxylic acids is 1. The van der Waals surface area contributed by atoms with Crippen molar-refractivity contribution in [3.63, 3.8) is 0 Å². The molecule has 1 aliphatic heterocycles. The molecule has 2 aromatic rings. The number of rotatable bonds is 12. The summed E-state index contributed by atoms with van der Waals surface area (Å²) in [4.78, 5) is 25.3. The number of imidazole rings is 1. The Morgan fingerprint density at radius 3 is 2.61 bits per heavy atom. The summed E-state index contributed by atoms with van der Waals surface area (Å²) in [5.41, 5.74) is 18.4. The van der Waals surface area contributed by atoms with Crippen LogP contribution in [0.2, 0.25) is 0 Å². The average molecular weight is 467 g/mol. The van der Waals surface area contributed by atoms with Crippen molar-refractivity contribution in [1.29, 1.82) is 0 Å². The Morgan fingerprint density at radius 2 is 1.91 bits per heavy atom. The molecule has 33 heavy (non-hydrogen) atoms. The normalized spacial score (nSPS) is 25.0. The third-order valence-electron chi connectivity index (χ3n) is 5.99. The third kappa shape index (κ3) is 5.93. The zero-order valence-corrected chi connectivity index (χ0v) is 18.7. The number of aliphatic hydroxyl groups excluding tert-OH is 2. The lowest BCUT2D eigenvalue weighted by Crippen LogP contribution is -2.43. The molecule has 0 radical (unpaired) electrons. The van der Waals surface area contributed by atoms with Crippen LogP contribution in [0.25, 0.3) is 11.2 Å². The van der Waals surface area contributed by atoms with Crippen LogP contribution in [0.3, 0.4) is 0 Å². The minimum absolute atomic E-state index is 0.0147. The molecule has 184 valence electrons. The first-order valence-electron chi connectivity index (χ1n) is 11.1. The monoisotopic (exact) mass is 466 g/mol. The van der Waals surface area contributed by atoms with E-state index in [0.29, 0.717) is 30.7 Å². The van der Waals surface area contributed by atoms with Crippen molar-refractivity contribution in [2.75, 3.05) is 25.4 Å². The van der Waals surface area contributed by atoms with E-state index in [1.54, 1.807) is 0 Å². The first-order valence-corrected chi connectivity index (χ1v) is 11.1. The fraction of sp³-hybridized carbons (Fsp3) is 0.700. The van der Waals surface area contributed by atoms with E-state index < -0.39 is 36.6 Å². The molecule has 0 saturated carbocycles. The SMILES string of the molecule is CCC[C@H](N)CCN(CC[C@H](N)C(=O)O)C[C@H]1O[C@@H](n2cnc3c(N)ncnc32)[C@H](O)[C@@H]1O. The summed E-state index contributed by atoms with van der Waals surface area (Å²) in [5, 5.41) is 30.5. The number of ether oxygens (including phenoxy) is 1. The highest BCUT2D eigenvalue weighted by Crippen LogP contribution is 2.32. The molecule has 0 aromatic carbocycles. The highest BCUT2D eigenvalue weighted by molar-refractivity contribution is 5.81. The van der Waals surface area contributed by atoms with Crippen LogP contribution in [0.5, 0.6) is 0 Å². The predicted octanol–water partition coefficient (Wildman–Crippen LogP) is -1.35. The number of fused-ring (bicyclic) bond motifs is 1. The van der Waals surface area contributed by atoms with Crippen LogP contribution in [0.15, 0.2) is 12.7 Å². The largest absolute Gasteiger partial charge is 0.480 e. The summed E-state index contributed by atoms with van der Waals surface area (Å²) in [5.74, 6) is -0.869. The van der Waals surface area contributed by atoms with Gasteiger partial charge in [-0.05, 0) is 25.8 Å². The molecule has 13 nitrogen and oxygen atoms in total. The molecule has 0 spiro atoms. The molecule has 13 heteroatoms. The van der Waals surface area contributed by atoms with Crippen LogP contribution in [-0.2, 0) is 9.53 Å². The van der Waals surface area contributed by atoms with Gasteiger partial charge in [0.1, 0.15) is 36.2 Å². The maximum absolute atomic E-state index is 11.1. The average Bonchev–Trinajstić information content (AvgIpc) is 3.32. The van der Waals surface area contributed by atoms with E-state index in [1.807, 2.05) is 4.90 Å². The Morgan fingerprint density at radius 1 is 1.18 bits per heavy atom. The number of nitrogens with zero attached hydrogens (tertiary/aromatic N) is 5. The lowest BCUT2D eigenvalue weighted by atomic mass is 10.1. The minimum Gasteiger partial charge on any atom is -0.480 e. The first-order chi connectivity index (χ1) is 15.7. The molecule has 1 fully saturated rings. The Labute approximate surface area is 191 Å². The Kier molecular flexibility index (Phi) is 8.51. The van der Waals surface area contributed by atoms with Crippen molar-refractivity contribution in [2.45, 2.75) is 69.2 Å². The van der Waals surface area contributed by atoms with E-state index in [4.69, 9.17) is 27.0 Å². The van der Waals surface area contributed by atoms with Crippen molar-refractivity contribution >= 4 is 23.0 Å². The first kappa shape index (κ1) is 25.2. The fourth-order valence-corrected chi connectivity index (χ4v) is 4.02. The molecular formula is C20H34N8O5. The van der Waals surface area contributed by atoms with Gasteiger partial charge >= 0.3 is 5.97 Å². The molecule has 6 atom stereocenters. The number of hydrogen-bond donors (Lipinski definition) is 6. The molecule has 0 aliphatic carbocycles. The van der Waals surface area contributed by atoms with Crippen LogP contribution < -0.4 is 17.2 Å². The smallest absolute Gasteiger partial charge is 0.320 e. The Balaban J connectivity index is 1.71. The number of carbonyl (C=O) groups is 1. The fourth-order valence-electron chi connectivity index (χ4n) is 4.02. The predicted molar refractivity (Wildman–Crippen MR) is 120 cm³/mol. The summed E-state index contributed by atoms with van der Waals surface area (Å²) in [6.07, 6.45) is 1.45. The number of nitrogens with two attached hydrogens (primary N) is 3. The van der Waals surface area contributed by atoms with Gasteiger partial charge in [-0.3, -0.25) is 9.36 Å². The van der Waals surface area contributed by atoms with E-state index in [0.717, 1.165) is 12.8 Å². The Bertz CT molecular complexity index is 927. The topological polar surface area (TPSA) is 212 Å². The number of anilines is 1. The van der Waals surface area contributed by atoms with Gasteiger partial charge in [-0.2, -0.15) is 0 Å². The molecule has 3 heterocycles. The summed E-state index contributed by atoms with van der Waals surface area (Å²) in [6.45, 7) is 3.30. The molecule has 0 amide bonds. The number of aliphatic hydroxyl groups is 2. The number of hydrogen-bond acceptors (Lipinski definition) is 11. The van der Waals surface area contributed by atoms with Crippen molar-refractivity contribution in [2.24, 2.45) is 11.5 Å². The zero-order chi connectivity index (χ0) is 24.1. The summed E-state index contributed by atoms with van der Waals surface area (Å²) in [6, 6.07) is -0.979. The molecule has 3 rings (SSSR count). The molecule has 0 bridgehead atoms. The van der Waals surface area contributed by atoms with Crippen LogP contribution >= 0.6 is 0 Å². The van der Waals surface area contributed by atoms with E-state index >= 15 is 0 Å². The summed E-state index contributed by atoms with van der Waals surface area (Å²) >= 11 is 0. The third-order valence-corrected chi connectivity index (χ3v) is 5.99. The molecule has 9 N–H and O–H groups in total. The number of aromatic nitrogens is 4. The highest BCUT2D eigenvalue weighted by atomic mass is 16.6. The lowest BCUT2D eigenvalue weighted by Gasteiger charge is -2.28. The number of aliphatic carboxylic acids is 1. The van der Waals surface area contributed by atoms with E-state index in [-0.39, 0.29) is 24.8 Å². The quantitative estimate of drug-likeness (QED) is 0.214. The number of carboxylic acid groups (broad SMARTS) is 1. The number of nitrogen functional groups attached to an aromatic ring is 1. The van der Waals surface area contributed by atoms with Gasteiger partial charge in [-0.15, -0.1) is 0 Å². The zero-order valence-electron chi connectivity index (χ0n) is 18.7. The van der Waals surface area contributed by atoms with Gasteiger partial charge in [-0.1, -0.05) is 13.3 Å². The van der Waals surface area contributed by atoms with Gasteiger partial charge in [0.15, 0.2) is 17.7 Å². The van der Waals surface area contributed by atoms with Gasteiger partial charge in [-0.25, -0.2) is 15.0 Å². The summed E-state index contributed by atoms with van der Waals surface area (Å²) in [7, 11) is 0. The van der Waals surface area contributed by atoms with Crippen LogP contribution in [0, 0.1) is 0 Å². The van der Waals surface area contributed by atoms with Gasteiger partial charge in [0.2, 0.25) is 0 Å². The van der Waals surface area contributed by atoms with Crippen molar-refractivity contribution in [3.05, 3.63) is 12.7 Å². The van der Waals surface area contributed by atoms with Crippen LogP contribution in [-0.4, -0.2) is 95.7 Å². The van der Waals surface area contributed by atoms with Gasteiger partial charge < -0.3 is 42.2 Å². The van der Waals surface area contributed by atoms with E-state index in [9.17, 15) is 15.0 Å².